The molecule has 0 saturated carbocycles. The molecule has 2 aromatic rings. The number of carbonyl (C=O) groups excluding carboxylic acids is 1. The topological polar surface area (TPSA) is 89.0 Å². The molecule has 0 spiro atoms. The largest absolute Gasteiger partial charge is 0.376 e. The van der Waals surface area contributed by atoms with Gasteiger partial charge in [0.15, 0.2) is 0 Å². The van der Waals surface area contributed by atoms with Crippen molar-refractivity contribution >= 4 is 12.0 Å². The second-order valence-corrected chi connectivity index (χ2v) is 5.47. The first-order valence-electron chi connectivity index (χ1n) is 7.66. The van der Waals surface area contributed by atoms with Gasteiger partial charge in [0.25, 0.3) is 5.95 Å². The zero-order valence-electron chi connectivity index (χ0n) is 12.9. The summed E-state index contributed by atoms with van der Waals surface area (Å²) >= 11 is 0. The molecule has 0 bridgehead atoms. The third kappa shape index (κ3) is 4.01. The Morgan fingerprint density at radius 3 is 2.91 bits per heavy atom. The van der Waals surface area contributed by atoms with Gasteiger partial charge in [-0.2, -0.15) is 5.10 Å². The van der Waals surface area contributed by atoms with E-state index in [9.17, 15) is 4.79 Å². The van der Waals surface area contributed by atoms with Crippen molar-refractivity contribution in [3.05, 3.63) is 36.5 Å². The third-order valence-electron chi connectivity index (χ3n) is 3.74. The molecule has 0 radical (unpaired) electrons. The average Bonchev–Trinajstić information content (AvgIpc) is 3.10. The van der Waals surface area contributed by atoms with E-state index in [2.05, 4.69) is 25.8 Å². The van der Waals surface area contributed by atoms with Crippen LogP contribution in [0, 0.1) is 0 Å². The first-order chi connectivity index (χ1) is 11.2. The standard InChI is InChI=1S/C16H19N5O2/c1-11(14-8-5-9-23-14)18-16(22)20-15-19-13(10-17-21-15)12-6-3-2-4-7-12/h2-4,6-7,10-11,14H,5,8-9H2,1H3,(H2,18,19,20,21,22). The number of ether oxygens (including phenoxy) is 1. The highest BCUT2D eigenvalue weighted by atomic mass is 16.5. The lowest BCUT2D eigenvalue weighted by Gasteiger charge is -2.19. The number of amides is 2. The van der Waals surface area contributed by atoms with Gasteiger partial charge < -0.3 is 10.1 Å². The van der Waals surface area contributed by atoms with Gasteiger partial charge >= 0.3 is 6.03 Å². The molecule has 1 fully saturated rings. The number of hydrogen-bond acceptors (Lipinski definition) is 5. The number of benzene rings is 1. The van der Waals surface area contributed by atoms with Gasteiger partial charge in [0.2, 0.25) is 0 Å². The number of aromatic nitrogens is 3. The molecule has 2 unspecified atom stereocenters. The number of nitrogens with zero attached hydrogens (tertiary/aromatic N) is 3. The predicted molar refractivity (Wildman–Crippen MR) is 85.9 cm³/mol. The Morgan fingerprint density at radius 2 is 2.17 bits per heavy atom. The normalized spacial score (nSPS) is 18.4. The van der Waals surface area contributed by atoms with E-state index < -0.39 is 0 Å². The summed E-state index contributed by atoms with van der Waals surface area (Å²) in [6.07, 6.45) is 3.62. The molecule has 7 nitrogen and oxygen atoms in total. The fourth-order valence-corrected chi connectivity index (χ4v) is 2.54. The molecule has 1 aliphatic heterocycles. The van der Waals surface area contributed by atoms with Crippen LogP contribution in [0.5, 0.6) is 0 Å². The van der Waals surface area contributed by atoms with Gasteiger partial charge in [-0.15, -0.1) is 5.10 Å². The summed E-state index contributed by atoms with van der Waals surface area (Å²) in [6.45, 7) is 2.68. The van der Waals surface area contributed by atoms with Crippen molar-refractivity contribution in [2.75, 3.05) is 11.9 Å². The first kappa shape index (κ1) is 15.4. The SMILES string of the molecule is CC(NC(=O)Nc1nncc(-c2ccccc2)n1)C1CCCO1. The Bertz CT molecular complexity index is 659. The highest BCUT2D eigenvalue weighted by Crippen LogP contribution is 2.17. The summed E-state index contributed by atoms with van der Waals surface area (Å²) in [5, 5.41) is 13.2. The van der Waals surface area contributed by atoms with E-state index in [0.717, 1.165) is 25.0 Å². The summed E-state index contributed by atoms with van der Waals surface area (Å²) in [5.41, 5.74) is 1.57. The first-order valence-corrected chi connectivity index (χ1v) is 7.66. The zero-order chi connectivity index (χ0) is 16.1. The molecule has 1 aromatic carbocycles. The number of anilines is 1. The van der Waals surface area contributed by atoms with Crippen molar-refractivity contribution in [2.45, 2.75) is 31.9 Å². The van der Waals surface area contributed by atoms with E-state index in [1.54, 1.807) is 6.20 Å². The number of hydrogen-bond donors (Lipinski definition) is 2. The smallest absolute Gasteiger partial charge is 0.321 e. The second-order valence-electron chi connectivity index (χ2n) is 5.47. The van der Waals surface area contributed by atoms with Crippen LogP contribution < -0.4 is 10.6 Å². The van der Waals surface area contributed by atoms with Gasteiger partial charge in [0, 0.05) is 12.2 Å². The Balaban J connectivity index is 1.62. The van der Waals surface area contributed by atoms with Crippen LogP contribution in [-0.4, -0.2) is 40.0 Å². The Kier molecular flexibility index (Phi) is 4.77. The lowest BCUT2D eigenvalue weighted by molar-refractivity contribution is 0.0868. The summed E-state index contributed by atoms with van der Waals surface area (Å²) in [5.74, 6) is 0.170. The predicted octanol–water partition coefficient (Wildman–Crippen LogP) is 2.23. The van der Waals surface area contributed by atoms with Gasteiger partial charge in [0.05, 0.1) is 24.0 Å². The number of nitrogens with one attached hydrogen (secondary N) is 2. The fraction of sp³-hybridized carbons (Fsp3) is 0.375. The van der Waals surface area contributed by atoms with E-state index in [0.29, 0.717) is 5.69 Å². The van der Waals surface area contributed by atoms with Crippen molar-refractivity contribution in [1.29, 1.82) is 0 Å². The van der Waals surface area contributed by atoms with Crippen molar-refractivity contribution in [2.24, 2.45) is 0 Å². The molecular formula is C16H19N5O2. The molecule has 2 atom stereocenters. The lowest BCUT2D eigenvalue weighted by Crippen LogP contribution is -2.43. The molecule has 1 aromatic heterocycles. The molecule has 1 saturated heterocycles. The summed E-state index contributed by atoms with van der Waals surface area (Å²) in [4.78, 5) is 16.4. The maximum absolute atomic E-state index is 12.0. The number of carbonyl (C=O) groups is 1. The van der Waals surface area contributed by atoms with E-state index in [4.69, 9.17) is 4.74 Å². The minimum Gasteiger partial charge on any atom is -0.376 e. The maximum Gasteiger partial charge on any atom is 0.321 e. The van der Waals surface area contributed by atoms with Crippen molar-refractivity contribution in [1.82, 2.24) is 20.5 Å². The lowest BCUT2D eigenvalue weighted by atomic mass is 10.1. The number of rotatable bonds is 4. The molecule has 1 aliphatic rings. The van der Waals surface area contributed by atoms with E-state index in [1.165, 1.54) is 0 Å². The van der Waals surface area contributed by atoms with Gasteiger partial charge in [-0.05, 0) is 19.8 Å². The molecule has 7 heteroatoms. The van der Waals surface area contributed by atoms with E-state index in [1.807, 2.05) is 37.3 Å². The molecule has 2 N–H and O–H groups in total. The molecule has 3 rings (SSSR count). The highest BCUT2D eigenvalue weighted by molar-refractivity contribution is 5.87. The average molecular weight is 313 g/mol. The van der Waals surface area contributed by atoms with Gasteiger partial charge in [-0.3, -0.25) is 5.32 Å². The van der Waals surface area contributed by atoms with Crippen LogP contribution in [0.1, 0.15) is 19.8 Å². The van der Waals surface area contributed by atoms with Crippen LogP contribution in [0.3, 0.4) is 0 Å². The maximum atomic E-state index is 12.0. The van der Waals surface area contributed by atoms with Gasteiger partial charge in [0.1, 0.15) is 0 Å². The Hall–Kier alpha value is -2.54. The van der Waals surface area contributed by atoms with Crippen LogP contribution in [-0.2, 0) is 4.74 Å². The molecule has 23 heavy (non-hydrogen) atoms. The molecular weight excluding hydrogens is 294 g/mol. The summed E-state index contributed by atoms with van der Waals surface area (Å²) < 4.78 is 5.56. The number of urea groups is 1. The van der Waals surface area contributed by atoms with Crippen LogP contribution in [0.4, 0.5) is 10.7 Å². The van der Waals surface area contributed by atoms with Crippen molar-refractivity contribution < 1.29 is 9.53 Å². The van der Waals surface area contributed by atoms with E-state index in [-0.39, 0.29) is 24.1 Å². The fourth-order valence-electron chi connectivity index (χ4n) is 2.54. The summed E-state index contributed by atoms with van der Waals surface area (Å²) in [6, 6.07) is 9.18. The minimum absolute atomic E-state index is 0.0652. The van der Waals surface area contributed by atoms with Crippen LogP contribution in [0.2, 0.25) is 0 Å². The zero-order valence-corrected chi connectivity index (χ0v) is 12.9. The minimum atomic E-state index is -0.361. The van der Waals surface area contributed by atoms with Crippen LogP contribution in [0.25, 0.3) is 11.3 Å². The Labute approximate surface area is 134 Å². The van der Waals surface area contributed by atoms with Crippen molar-refractivity contribution in [3.63, 3.8) is 0 Å². The third-order valence-corrected chi connectivity index (χ3v) is 3.74. The highest BCUT2D eigenvalue weighted by Gasteiger charge is 2.23. The van der Waals surface area contributed by atoms with E-state index >= 15 is 0 Å². The monoisotopic (exact) mass is 313 g/mol. The second kappa shape index (κ2) is 7.15. The van der Waals surface area contributed by atoms with Gasteiger partial charge in [-0.1, -0.05) is 30.3 Å². The van der Waals surface area contributed by atoms with Crippen LogP contribution in [0.15, 0.2) is 36.5 Å². The summed E-state index contributed by atoms with van der Waals surface area (Å²) in [7, 11) is 0. The van der Waals surface area contributed by atoms with Crippen LogP contribution >= 0.6 is 0 Å². The molecule has 120 valence electrons. The molecule has 2 amide bonds. The molecule has 2 heterocycles. The Morgan fingerprint density at radius 1 is 1.35 bits per heavy atom. The van der Waals surface area contributed by atoms with Gasteiger partial charge in [-0.25, -0.2) is 9.78 Å². The molecule has 0 aliphatic carbocycles. The van der Waals surface area contributed by atoms with Crippen molar-refractivity contribution in [3.8, 4) is 11.3 Å². The quantitative estimate of drug-likeness (QED) is 0.903.